The van der Waals surface area contributed by atoms with Crippen molar-refractivity contribution in [2.75, 3.05) is 51.8 Å². The molecule has 0 aliphatic carbocycles. The number of hydrogen-bond donors (Lipinski definition) is 0. The van der Waals surface area contributed by atoms with E-state index in [9.17, 15) is 13.2 Å². The van der Waals surface area contributed by atoms with Gasteiger partial charge in [-0.1, -0.05) is 29.3 Å². The van der Waals surface area contributed by atoms with Gasteiger partial charge in [-0.15, -0.1) is 0 Å². The molecule has 0 unspecified atom stereocenters. The molecule has 0 N–H and O–H groups in total. The summed E-state index contributed by atoms with van der Waals surface area (Å²) in [6.07, 6.45) is 0. The molecule has 0 bridgehead atoms. The van der Waals surface area contributed by atoms with E-state index in [4.69, 9.17) is 27.9 Å². The molecule has 7 nitrogen and oxygen atoms in total. The summed E-state index contributed by atoms with van der Waals surface area (Å²) in [5.41, 5.74) is 2.16. The number of aryl methyl sites for hydroxylation is 1. The lowest BCUT2D eigenvalue weighted by atomic mass is 10.1. The van der Waals surface area contributed by atoms with Crippen molar-refractivity contribution in [1.29, 1.82) is 0 Å². The third kappa shape index (κ3) is 5.26. The average molecular weight is 486 g/mol. The van der Waals surface area contributed by atoms with Crippen LogP contribution in [0, 0.1) is 6.92 Å². The van der Waals surface area contributed by atoms with Crippen molar-refractivity contribution in [2.24, 2.45) is 0 Å². The van der Waals surface area contributed by atoms with Crippen molar-refractivity contribution in [2.45, 2.75) is 11.8 Å². The van der Waals surface area contributed by atoms with Crippen LogP contribution < -0.4 is 9.64 Å². The van der Waals surface area contributed by atoms with E-state index in [0.29, 0.717) is 31.2 Å². The van der Waals surface area contributed by atoms with E-state index < -0.39 is 10.0 Å². The molecule has 2 aromatic carbocycles. The molecule has 1 aliphatic heterocycles. The first-order chi connectivity index (χ1) is 14.6. The van der Waals surface area contributed by atoms with Crippen LogP contribution in [0.4, 0.5) is 5.69 Å². The van der Waals surface area contributed by atoms with Crippen LogP contribution in [-0.2, 0) is 14.8 Å². The van der Waals surface area contributed by atoms with E-state index in [0.717, 1.165) is 15.6 Å². The van der Waals surface area contributed by atoms with Crippen molar-refractivity contribution in [3.8, 4) is 5.75 Å². The maximum absolute atomic E-state index is 13.0. The molecule has 0 radical (unpaired) electrons. The second-order valence-corrected chi connectivity index (χ2v) is 10.2. The Morgan fingerprint density at radius 2 is 1.68 bits per heavy atom. The number of carbonyl (C=O) groups excluding carboxylic acids is 1. The number of piperazine rings is 1. The first-order valence-corrected chi connectivity index (χ1v) is 11.9. The van der Waals surface area contributed by atoms with Crippen molar-refractivity contribution in [3.05, 3.63) is 52.0 Å². The minimum Gasteiger partial charge on any atom is -0.495 e. The third-order valence-electron chi connectivity index (χ3n) is 5.32. The van der Waals surface area contributed by atoms with Gasteiger partial charge in [-0.05, 0) is 42.8 Å². The lowest BCUT2D eigenvalue weighted by molar-refractivity contribution is -0.131. The normalized spacial score (nSPS) is 14.8. The molecule has 0 aromatic heterocycles. The summed E-state index contributed by atoms with van der Waals surface area (Å²) in [5, 5.41) is 0.939. The predicted molar refractivity (Wildman–Crippen MR) is 123 cm³/mol. The number of anilines is 1. The monoisotopic (exact) mass is 485 g/mol. The van der Waals surface area contributed by atoms with Crippen molar-refractivity contribution in [1.82, 2.24) is 9.21 Å². The van der Waals surface area contributed by atoms with Crippen molar-refractivity contribution < 1.29 is 17.9 Å². The number of rotatable bonds is 6. The highest BCUT2D eigenvalue weighted by molar-refractivity contribution is 7.89. The fourth-order valence-corrected chi connectivity index (χ4v) is 5.22. The summed E-state index contributed by atoms with van der Waals surface area (Å²) in [7, 11) is -1.19. The van der Waals surface area contributed by atoms with Gasteiger partial charge in [-0.25, -0.2) is 8.42 Å². The van der Waals surface area contributed by atoms with Gasteiger partial charge in [0.05, 0.1) is 13.7 Å². The van der Waals surface area contributed by atoms with Gasteiger partial charge in [0.15, 0.2) is 0 Å². The van der Waals surface area contributed by atoms with Gasteiger partial charge in [-0.3, -0.25) is 4.79 Å². The summed E-state index contributed by atoms with van der Waals surface area (Å²) in [5.74, 6) is -0.0799. The summed E-state index contributed by atoms with van der Waals surface area (Å²) in [6.45, 7) is 4.04. The Labute approximate surface area is 193 Å². The predicted octanol–water partition coefficient (Wildman–Crippen LogP) is 3.28. The van der Waals surface area contributed by atoms with Crippen LogP contribution in [0.2, 0.25) is 10.0 Å². The van der Waals surface area contributed by atoms with Crippen LogP contribution >= 0.6 is 23.2 Å². The molecule has 2 aromatic rings. The quantitative estimate of drug-likeness (QED) is 0.627. The molecular weight excluding hydrogens is 461 g/mol. The van der Waals surface area contributed by atoms with Gasteiger partial charge < -0.3 is 14.5 Å². The van der Waals surface area contributed by atoms with Crippen molar-refractivity contribution in [3.63, 3.8) is 0 Å². The zero-order valence-electron chi connectivity index (χ0n) is 17.6. The van der Waals surface area contributed by atoms with Gasteiger partial charge >= 0.3 is 0 Å². The van der Waals surface area contributed by atoms with Gasteiger partial charge in [0.1, 0.15) is 10.6 Å². The number of carbonyl (C=O) groups is 1. The number of ether oxygens (including phenoxy) is 1. The highest BCUT2D eigenvalue weighted by atomic mass is 35.5. The van der Waals surface area contributed by atoms with E-state index in [1.807, 2.05) is 25.1 Å². The summed E-state index contributed by atoms with van der Waals surface area (Å²) in [6, 6.07) is 10.1. The molecule has 31 heavy (non-hydrogen) atoms. The first-order valence-electron chi connectivity index (χ1n) is 9.72. The largest absolute Gasteiger partial charge is 0.495 e. The molecule has 10 heteroatoms. The molecule has 1 amide bonds. The van der Waals surface area contributed by atoms with Gasteiger partial charge in [-0.2, -0.15) is 4.31 Å². The lowest BCUT2D eigenvalue weighted by Crippen LogP contribution is -2.51. The zero-order valence-corrected chi connectivity index (χ0v) is 20.0. The fraction of sp³-hybridized carbons (Fsp3) is 0.381. The molecule has 1 aliphatic rings. The highest BCUT2D eigenvalue weighted by Crippen LogP contribution is 2.29. The molecule has 1 fully saturated rings. The molecule has 1 saturated heterocycles. The second-order valence-electron chi connectivity index (χ2n) is 7.35. The van der Waals surface area contributed by atoms with Crippen LogP contribution in [0.5, 0.6) is 5.75 Å². The van der Waals surface area contributed by atoms with Crippen LogP contribution in [0.1, 0.15) is 5.56 Å². The Bertz CT molecular complexity index is 1070. The number of halogens is 2. The summed E-state index contributed by atoms with van der Waals surface area (Å²) in [4.78, 5) is 16.6. The number of methoxy groups -OCH3 is 1. The minimum absolute atomic E-state index is 0.0703. The third-order valence-corrected chi connectivity index (χ3v) is 7.61. The van der Waals surface area contributed by atoms with Crippen LogP contribution in [0.3, 0.4) is 0 Å². The Balaban J connectivity index is 1.66. The number of sulfonamides is 1. The molecule has 0 saturated carbocycles. The first kappa shape index (κ1) is 23.7. The van der Waals surface area contributed by atoms with Crippen molar-refractivity contribution >= 4 is 44.8 Å². The molecular formula is C21H25Cl2N3O4S. The molecule has 1 heterocycles. The van der Waals surface area contributed by atoms with E-state index >= 15 is 0 Å². The minimum atomic E-state index is -3.95. The Hall–Kier alpha value is -2.00. The number of nitrogens with zero attached hydrogens (tertiary/aromatic N) is 3. The molecule has 168 valence electrons. The lowest BCUT2D eigenvalue weighted by Gasteiger charge is -2.37. The van der Waals surface area contributed by atoms with Crippen LogP contribution in [0.25, 0.3) is 0 Å². The molecule has 0 atom stereocenters. The Kier molecular flexibility index (Phi) is 7.36. The Morgan fingerprint density at radius 3 is 2.32 bits per heavy atom. The maximum Gasteiger partial charge on any atom is 0.247 e. The molecule has 3 rings (SSSR count). The van der Waals surface area contributed by atoms with Gasteiger partial charge in [0, 0.05) is 49.0 Å². The van der Waals surface area contributed by atoms with E-state index in [-0.39, 0.29) is 28.1 Å². The number of hydrogen-bond acceptors (Lipinski definition) is 5. The number of benzene rings is 2. The Morgan fingerprint density at radius 1 is 1.06 bits per heavy atom. The van der Waals surface area contributed by atoms with Gasteiger partial charge in [0.2, 0.25) is 15.9 Å². The SMILES string of the molecule is COc1ccc(Cl)cc1S(=O)(=O)N(C)CC(=O)N1CCN(c2cc(Cl)ccc2C)CC1. The van der Waals surface area contributed by atoms with Gasteiger partial charge in [0.25, 0.3) is 0 Å². The summed E-state index contributed by atoms with van der Waals surface area (Å²) < 4.78 is 32.1. The summed E-state index contributed by atoms with van der Waals surface area (Å²) >= 11 is 12.1. The molecule has 0 spiro atoms. The maximum atomic E-state index is 13.0. The average Bonchev–Trinajstić information content (AvgIpc) is 2.75. The highest BCUT2D eigenvalue weighted by Gasteiger charge is 2.29. The van der Waals surface area contributed by atoms with E-state index in [1.165, 1.54) is 26.3 Å². The fourth-order valence-electron chi connectivity index (χ4n) is 3.52. The zero-order chi connectivity index (χ0) is 22.8. The number of amides is 1. The van der Waals surface area contributed by atoms with E-state index in [1.54, 1.807) is 11.0 Å². The van der Waals surface area contributed by atoms with Crippen LogP contribution in [-0.4, -0.2) is 70.4 Å². The number of likely N-dealkylation sites (N-methyl/N-ethyl adjacent to an activating group) is 1. The smallest absolute Gasteiger partial charge is 0.247 e. The topological polar surface area (TPSA) is 70.2 Å². The second kappa shape index (κ2) is 9.65. The van der Waals surface area contributed by atoms with E-state index in [2.05, 4.69) is 4.90 Å². The van der Waals surface area contributed by atoms with Crippen LogP contribution in [0.15, 0.2) is 41.3 Å². The standard InChI is InChI=1S/C21H25Cl2N3O4S/c1-15-4-5-16(22)12-18(15)25-8-10-26(11-9-25)21(27)14-24(2)31(28,29)20-13-17(23)6-7-19(20)30-3/h4-7,12-13H,8-11,14H2,1-3H3.